The van der Waals surface area contributed by atoms with E-state index in [1.807, 2.05) is 18.2 Å². The number of benzene rings is 2. The fourth-order valence-electron chi connectivity index (χ4n) is 4.87. The molecule has 14 heteroatoms. The van der Waals surface area contributed by atoms with Gasteiger partial charge < -0.3 is 19.9 Å². The van der Waals surface area contributed by atoms with Crippen LogP contribution in [0.4, 0.5) is 9.93 Å². The summed E-state index contributed by atoms with van der Waals surface area (Å²) in [6.45, 7) is 7.58. The molecular formula is C27H33ClN6O5S2. The number of nitrogens with zero attached hydrogens (tertiary/aromatic N) is 5. The Hall–Kier alpha value is -2.97. The molecule has 2 aliphatic heterocycles. The number of rotatable bonds is 8. The molecule has 0 aliphatic carbocycles. The maximum atomic E-state index is 13.1. The van der Waals surface area contributed by atoms with E-state index in [-0.39, 0.29) is 43.6 Å². The summed E-state index contributed by atoms with van der Waals surface area (Å²) in [5.41, 5.74) is 1.36. The van der Waals surface area contributed by atoms with Gasteiger partial charge in [0.05, 0.1) is 21.7 Å². The molecule has 1 N–H and O–H groups in total. The Bertz CT molecular complexity index is 1480. The first kappa shape index (κ1) is 29.5. The predicted octanol–water partition coefficient (Wildman–Crippen LogP) is 2.96. The Morgan fingerprint density at radius 1 is 1.00 bits per heavy atom. The zero-order chi connectivity index (χ0) is 29.0. The Balaban J connectivity index is 1.06. The predicted molar refractivity (Wildman–Crippen MR) is 159 cm³/mol. The van der Waals surface area contributed by atoms with Gasteiger partial charge in [0, 0.05) is 76.0 Å². The average Bonchev–Trinajstić information content (AvgIpc) is 3.41. The molecule has 0 saturated carbocycles. The summed E-state index contributed by atoms with van der Waals surface area (Å²) in [5.74, 6) is -0.247. The first-order valence-electron chi connectivity index (χ1n) is 13.6. The van der Waals surface area contributed by atoms with Crippen LogP contribution in [-0.4, -0.2) is 112 Å². The molecule has 2 aromatic carbocycles. The van der Waals surface area contributed by atoms with Crippen molar-refractivity contribution in [3.8, 4) is 0 Å². The lowest BCUT2D eigenvalue weighted by Gasteiger charge is -2.34. The van der Waals surface area contributed by atoms with Crippen LogP contribution in [0.15, 0.2) is 47.4 Å². The molecule has 220 valence electrons. The van der Waals surface area contributed by atoms with E-state index < -0.39 is 16.1 Å². The zero-order valence-electron chi connectivity index (χ0n) is 22.8. The molecule has 1 aromatic heterocycles. The number of piperazine rings is 2. The van der Waals surface area contributed by atoms with Gasteiger partial charge in [-0.3, -0.25) is 9.69 Å². The highest BCUT2D eigenvalue weighted by Crippen LogP contribution is 2.31. The van der Waals surface area contributed by atoms with Crippen LogP contribution in [-0.2, 0) is 14.8 Å². The number of sulfonamides is 1. The van der Waals surface area contributed by atoms with Crippen molar-refractivity contribution in [3.05, 3.63) is 53.1 Å². The van der Waals surface area contributed by atoms with E-state index in [4.69, 9.17) is 21.3 Å². The Labute approximate surface area is 248 Å². The molecule has 41 heavy (non-hydrogen) atoms. The Morgan fingerprint density at radius 2 is 1.71 bits per heavy atom. The molecule has 2 saturated heterocycles. The second-order valence-electron chi connectivity index (χ2n) is 9.81. The number of hydrogen-bond donors (Lipinski definition) is 1. The van der Waals surface area contributed by atoms with Crippen LogP contribution in [0.3, 0.4) is 0 Å². The van der Waals surface area contributed by atoms with Gasteiger partial charge in [0.15, 0.2) is 5.13 Å². The number of aromatic nitrogens is 1. The number of carbonyl (C=O) groups is 2. The first-order chi connectivity index (χ1) is 19.7. The van der Waals surface area contributed by atoms with Crippen molar-refractivity contribution in [2.75, 3.05) is 77.0 Å². The van der Waals surface area contributed by atoms with Gasteiger partial charge in [-0.25, -0.2) is 18.2 Å². The topological polar surface area (TPSA) is 115 Å². The van der Waals surface area contributed by atoms with Crippen molar-refractivity contribution < 1.29 is 22.7 Å². The lowest BCUT2D eigenvalue weighted by molar-refractivity contribution is 0.0932. The highest BCUT2D eigenvalue weighted by Gasteiger charge is 2.30. The van der Waals surface area contributed by atoms with Gasteiger partial charge in [0.1, 0.15) is 0 Å². The lowest BCUT2D eigenvalue weighted by Crippen LogP contribution is -2.50. The van der Waals surface area contributed by atoms with E-state index in [1.165, 1.54) is 33.5 Å². The number of thiazole rings is 1. The Morgan fingerprint density at radius 3 is 2.39 bits per heavy atom. The minimum absolute atomic E-state index is 0.118. The number of amides is 2. The smallest absolute Gasteiger partial charge is 0.409 e. The van der Waals surface area contributed by atoms with Crippen LogP contribution in [0.2, 0.25) is 5.02 Å². The van der Waals surface area contributed by atoms with Crippen LogP contribution in [0.1, 0.15) is 17.3 Å². The summed E-state index contributed by atoms with van der Waals surface area (Å²) in [5, 5.41) is 4.64. The van der Waals surface area contributed by atoms with E-state index >= 15 is 0 Å². The maximum Gasteiger partial charge on any atom is 0.409 e. The van der Waals surface area contributed by atoms with Crippen molar-refractivity contribution >= 4 is 60.3 Å². The third-order valence-electron chi connectivity index (χ3n) is 7.21. The highest BCUT2D eigenvalue weighted by molar-refractivity contribution is 7.89. The summed E-state index contributed by atoms with van der Waals surface area (Å²) in [7, 11) is -3.73. The van der Waals surface area contributed by atoms with Gasteiger partial charge in [-0.2, -0.15) is 4.31 Å². The minimum atomic E-state index is -3.73. The van der Waals surface area contributed by atoms with Crippen LogP contribution in [0.5, 0.6) is 0 Å². The van der Waals surface area contributed by atoms with Crippen molar-refractivity contribution in [2.45, 2.75) is 11.8 Å². The van der Waals surface area contributed by atoms with Crippen molar-refractivity contribution in [1.82, 2.24) is 24.4 Å². The second-order valence-corrected chi connectivity index (χ2v) is 13.2. The minimum Gasteiger partial charge on any atom is -0.450 e. The fourth-order valence-corrected chi connectivity index (χ4v) is 7.58. The first-order valence-corrected chi connectivity index (χ1v) is 16.2. The van der Waals surface area contributed by atoms with Gasteiger partial charge in [-0.05, 0) is 49.4 Å². The summed E-state index contributed by atoms with van der Waals surface area (Å²) >= 11 is 7.75. The summed E-state index contributed by atoms with van der Waals surface area (Å²) in [6, 6.07) is 11.7. The van der Waals surface area contributed by atoms with Gasteiger partial charge in [-0.15, -0.1) is 0 Å². The summed E-state index contributed by atoms with van der Waals surface area (Å²) < 4.78 is 33.5. The molecule has 2 aliphatic rings. The SMILES string of the molecule is CCOC(=O)N1CCN(S(=O)(=O)c2ccc(C(=O)NCCN3CCN(c4nc5ccc(Cl)cc5s4)CC3)cc2)CC1. The molecule has 2 fully saturated rings. The molecular weight excluding hydrogens is 588 g/mol. The number of nitrogens with one attached hydrogen (secondary N) is 1. The summed E-state index contributed by atoms with van der Waals surface area (Å²) in [4.78, 5) is 35.5. The number of ether oxygens (including phenoxy) is 1. The van der Waals surface area contributed by atoms with Gasteiger partial charge in [0.2, 0.25) is 10.0 Å². The van der Waals surface area contributed by atoms with Gasteiger partial charge in [0.25, 0.3) is 5.91 Å². The second kappa shape index (κ2) is 12.9. The molecule has 5 rings (SSSR count). The normalized spacial score (nSPS) is 17.1. The summed E-state index contributed by atoms with van der Waals surface area (Å²) in [6.07, 6.45) is -0.433. The molecule has 11 nitrogen and oxygen atoms in total. The lowest BCUT2D eigenvalue weighted by atomic mass is 10.2. The molecule has 3 heterocycles. The van der Waals surface area contributed by atoms with Crippen molar-refractivity contribution in [3.63, 3.8) is 0 Å². The number of fused-ring (bicyclic) bond motifs is 1. The molecule has 0 unspecified atom stereocenters. The molecule has 0 spiro atoms. The largest absolute Gasteiger partial charge is 0.450 e. The maximum absolute atomic E-state index is 13.1. The van der Waals surface area contributed by atoms with E-state index in [9.17, 15) is 18.0 Å². The van der Waals surface area contributed by atoms with Crippen LogP contribution in [0.25, 0.3) is 10.2 Å². The van der Waals surface area contributed by atoms with Gasteiger partial charge in [-0.1, -0.05) is 22.9 Å². The van der Waals surface area contributed by atoms with E-state index in [0.29, 0.717) is 17.1 Å². The third kappa shape index (κ3) is 6.92. The van der Waals surface area contributed by atoms with E-state index in [0.717, 1.165) is 48.1 Å². The number of halogens is 1. The fraction of sp³-hybridized carbons (Fsp3) is 0.444. The number of anilines is 1. The third-order valence-corrected chi connectivity index (χ3v) is 10.4. The molecule has 0 radical (unpaired) electrons. The molecule has 2 amide bonds. The monoisotopic (exact) mass is 620 g/mol. The van der Waals surface area contributed by atoms with Crippen molar-refractivity contribution in [2.24, 2.45) is 0 Å². The van der Waals surface area contributed by atoms with Crippen molar-refractivity contribution in [1.29, 1.82) is 0 Å². The van der Waals surface area contributed by atoms with Crippen LogP contribution < -0.4 is 10.2 Å². The van der Waals surface area contributed by atoms with E-state index in [1.54, 1.807) is 18.3 Å². The van der Waals surface area contributed by atoms with Crippen LogP contribution in [0, 0.1) is 0 Å². The standard InChI is InChI=1S/C27H33ClN6O5S2/c1-2-39-27(36)33-15-17-34(18-16-33)41(37,38)22-6-3-20(4-7-22)25(35)29-9-10-31-11-13-32(14-12-31)26-30-23-8-5-21(28)19-24(23)40-26/h3-8,19H,2,9-18H2,1H3,(H,29,35). The average molecular weight is 621 g/mol. The zero-order valence-corrected chi connectivity index (χ0v) is 25.2. The van der Waals surface area contributed by atoms with Gasteiger partial charge >= 0.3 is 6.09 Å². The highest BCUT2D eigenvalue weighted by atomic mass is 35.5. The number of hydrogen-bond acceptors (Lipinski definition) is 9. The number of carbonyl (C=O) groups excluding carboxylic acids is 2. The molecule has 0 atom stereocenters. The quantitative estimate of drug-likeness (QED) is 0.409. The van der Waals surface area contributed by atoms with Crippen LogP contribution >= 0.6 is 22.9 Å². The molecule has 0 bridgehead atoms. The van der Waals surface area contributed by atoms with E-state index in [2.05, 4.69) is 15.1 Å². The molecule has 3 aromatic rings. The Kier molecular flexibility index (Phi) is 9.29.